The van der Waals surface area contributed by atoms with E-state index in [2.05, 4.69) is 102 Å². The fourth-order valence-corrected chi connectivity index (χ4v) is 3.62. The maximum Gasteiger partial charge on any atom is 0.0543 e. The van der Waals surface area contributed by atoms with E-state index in [-0.39, 0.29) is 0 Å². The predicted octanol–water partition coefficient (Wildman–Crippen LogP) is 6.89. The Kier molecular flexibility index (Phi) is 3.17. The molecule has 1 nitrogen and oxygen atoms in total. The number of hydrogen-bond donors (Lipinski definition) is 1. The summed E-state index contributed by atoms with van der Waals surface area (Å²) >= 11 is 0. The molecule has 0 aromatic heterocycles. The molecule has 0 bridgehead atoms. The third-order valence-corrected chi connectivity index (χ3v) is 4.82. The largest absolute Gasteiger partial charge is 0.354 e. The van der Waals surface area contributed by atoms with Crippen LogP contribution in [0.4, 0.5) is 11.4 Å². The molecule has 5 aromatic rings. The first-order chi connectivity index (χ1) is 12.4. The maximum absolute atomic E-state index is 3.73. The van der Waals surface area contributed by atoms with Crippen molar-refractivity contribution in [2.75, 3.05) is 5.32 Å². The summed E-state index contributed by atoms with van der Waals surface area (Å²) in [5.41, 5.74) is 2.31. The van der Waals surface area contributed by atoms with E-state index in [1.165, 1.54) is 38.0 Å². The van der Waals surface area contributed by atoms with Gasteiger partial charge in [0.2, 0.25) is 0 Å². The van der Waals surface area contributed by atoms with E-state index in [1.807, 2.05) is 0 Å². The van der Waals surface area contributed by atoms with E-state index >= 15 is 0 Å². The molecule has 0 saturated heterocycles. The molecule has 1 N–H and O–H groups in total. The van der Waals surface area contributed by atoms with Crippen LogP contribution in [0, 0.1) is 0 Å². The zero-order chi connectivity index (χ0) is 16.6. The minimum atomic E-state index is 1.14. The highest BCUT2D eigenvalue weighted by molar-refractivity contribution is 6.13. The quantitative estimate of drug-likeness (QED) is 0.349. The minimum Gasteiger partial charge on any atom is -0.354 e. The Bertz CT molecular complexity index is 1160. The zero-order valence-electron chi connectivity index (χ0n) is 13.7. The molecule has 0 atom stereocenters. The first-order valence-electron chi connectivity index (χ1n) is 8.55. The first kappa shape index (κ1) is 14.1. The Morgan fingerprint density at radius 1 is 0.440 bits per heavy atom. The topological polar surface area (TPSA) is 12.0 Å². The van der Waals surface area contributed by atoms with Gasteiger partial charge in [0.05, 0.1) is 5.69 Å². The van der Waals surface area contributed by atoms with Gasteiger partial charge in [0.1, 0.15) is 0 Å². The van der Waals surface area contributed by atoms with Crippen LogP contribution >= 0.6 is 0 Å². The van der Waals surface area contributed by atoms with Crippen LogP contribution in [0.25, 0.3) is 32.3 Å². The molecule has 5 rings (SSSR count). The molecule has 1 heteroatoms. The number of fused-ring (bicyclic) bond motifs is 3. The van der Waals surface area contributed by atoms with Crippen LogP contribution in [0.5, 0.6) is 0 Å². The minimum absolute atomic E-state index is 1.14. The lowest BCUT2D eigenvalue weighted by Crippen LogP contribution is -1.94. The lowest BCUT2D eigenvalue weighted by atomic mass is 10.00. The van der Waals surface area contributed by atoms with Crippen molar-refractivity contribution in [3.05, 3.63) is 97.1 Å². The first-order valence-corrected chi connectivity index (χ1v) is 8.55. The van der Waals surface area contributed by atoms with Crippen molar-refractivity contribution in [1.29, 1.82) is 0 Å². The molecule has 0 unspecified atom stereocenters. The van der Waals surface area contributed by atoms with E-state index in [1.54, 1.807) is 0 Å². The van der Waals surface area contributed by atoms with E-state index in [0.29, 0.717) is 0 Å². The molecule has 0 fully saturated rings. The van der Waals surface area contributed by atoms with Crippen LogP contribution < -0.4 is 5.32 Å². The van der Waals surface area contributed by atoms with Crippen molar-refractivity contribution in [3.8, 4) is 0 Å². The summed E-state index contributed by atoms with van der Waals surface area (Å²) in [6.45, 7) is 0. The van der Waals surface area contributed by atoms with Crippen molar-refractivity contribution in [3.63, 3.8) is 0 Å². The van der Waals surface area contributed by atoms with Crippen molar-refractivity contribution in [2.45, 2.75) is 0 Å². The molecule has 0 aliphatic rings. The molecular weight excluding hydrogens is 302 g/mol. The van der Waals surface area contributed by atoms with E-state index in [0.717, 1.165) is 5.69 Å². The Hall–Kier alpha value is -3.32. The highest BCUT2D eigenvalue weighted by Crippen LogP contribution is 2.36. The van der Waals surface area contributed by atoms with Gasteiger partial charge in [-0.25, -0.2) is 0 Å². The van der Waals surface area contributed by atoms with Crippen molar-refractivity contribution >= 4 is 43.7 Å². The number of rotatable bonds is 2. The molecule has 5 aromatic carbocycles. The van der Waals surface area contributed by atoms with Gasteiger partial charge in [0, 0.05) is 21.8 Å². The second-order valence-electron chi connectivity index (χ2n) is 6.35. The predicted molar refractivity (Wildman–Crippen MR) is 109 cm³/mol. The smallest absolute Gasteiger partial charge is 0.0543 e. The van der Waals surface area contributed by atoms with Crippen LogP contribution in [-0.4, -0.2) is 0 Å². The molecule has 0 amide bonds. The van der Waals surface area contributed by atoms with E-state index in [4.69, 9.17) is 0 Å². The zero-order valence-corrected chi connectivity index (χ0v) is 13.7. The van der Waals surface area contributed by atoms with Gasteiger partial charge < -0.3 is 5.32 Å². The third kappa shape index (κ3) is 2.33. The standard InChI is InChI=1S/C24H17N/c1-4-12-20-17(8-1)11-7-15-23(20)25-24-21-13-5-2-9-18(21)16-19-10-3-6-14-22(19)24/h1-16,25H. The van der Waals surface area contributed by atoms with Crippen LogP contribution in [0.1, 0.15) is 0 Å². The molecule has 0 saturated carbocycles. The number of hydrogen-bond acceptors (Lipinski definition) is 1. The van der Waals surface area contributed by atoms with Crippen LogP contribution in [-0.2, 0) is 0 Å². The van der Waals surface area contributed by atoms with Gasteiger partial charge in [-0.3, -0.25) is 0 Å². The normalized spacial score (nSPS) is 11.2. The van der Waals surface area contributed by atoms with Crippen LogP contribution in [0.3, 0.4) is 0 Å². The number of anilines is 2. The Morgan fingerprint density at radius 3 is 1.64 bits per heavy atom. The fourth-order valence-electron chi connectivity index (χ4n) is 3.62. The highest BCUT2D eigenvalue weighted by Gasteiger charge is 2.09. The average molecular weight is 319 g/mol. The monoisotopic (exact) mass is 319 g/mol. The Labute approximate surface area is 146 Å². The van der Waals surface area contributed by atoms with Crippen molar-refractivity contribution in [1.82, 2.24) is 0 Å². The molecule has 0 aliphatic carbocycles. The summed E-state index contributed by atoms with van der Waals surface area (Å²) in [5, 5.41) is 11.2. The lowest BCUT2D eigenvalue weighted by Gasteiger charge is -2.15. The molecule has 0 spiro atoms. The number of benzene rings is 5. The van der Waals surface area contributed by atoms with Crippen LogP contribution in [0.15, 0.2) is 97.1 Å². The molecule has 0 aliphatic heterocycles. The lowest BCUT2D eigenvalue weighted by molar-refractivity contribution is 1.63. The summed E-state index contributed by atoms with van der Waals surface area (Å²) in [7, 11) is 0. The van der Waals surface area contributed by atoms with Gasteiger partial charge in [-0.05, 0) is 28.3 Å². The second kappa shape index (κ2) is 5.64. The Balaban J connectivity index is 1.81. The SMILES string of the molecule is c1ccc2c(Nc3c4ccccc4cc4ccccc34)cccc2c1. The van der Waals surface area contributed by atoms with Gasteiger partial charge in [-0.1, -0.05) is 84.9 Å². The number of nitrogens with one attached hydrogen (secondary N) is 1. The molecule has 25 heavy (non-hydrogen) atoms. The summed E-state index contributed by atoms with van der Waals surface area (Å²) < 4.78 is 0. The summed E-state index contributed by atoms with van der Waals surface area (Å²) in [4.78, 5) is 0. The van der Waals surface area contributed by atoms with Gasteiger partial charge in [-0.15, -0.1) is 0 Å². The highest BCUT2D eigenvalue weighted by atomic mass is 14.9. The average Bonchev–Trinajstić information content (AvgIpc) is 2.68. The van der Waals surface area contributed by atoms with E-state index in [9.17, 15) is 0 Å². The molecule has 118 valence electrons. The summed E-state index contributed by atoms with van der Waals surface area (Å²) in [6.07, 6.45) is 0. The summed E-state index contributed by atoms with van der Waals surface area (Å²) in [6, 6.07) is 34.3. The van der Waals surface area contributed by atoms with Crippen molar-refractivity contribution in [2.24, 2.45) is 0 Å². The summed E-state index contributed by atoms with van der Waals surface area (Å²) in [5.74, 6) is 0. The molecule has 0 radical (unpaired) electrons. The van der Waals surface area contributed by atoms with Gasteiger partial charge >= 0.3 is 0 Å². The van der Waals surface area contributed by atoms with E-state index < -0.39 is 0 Å². The van der Waals surface area contributed by atoms with Gasteiger partial charge in [0.25, 0.3) is 0 Å². The Morgan fingerprint density at radius 2 is 0.960 bits per heavy atom. The fraction of sp³-hybridized carbons (Fsp3) is 0. The third-order valence-electron chi connectivity index (χ3n) is 4.82. The second-order valence-corrected chi connectivity index (χ2v) is 6.35. The van der Waals surface area contributed by atoms with Crippen LogP contribution in [0.2, 0.25) is 0 Å². The van der Waals surface area contributed by atoms with Crippen molar-refractivity contribution < 1.29 is 0 Å². The van der Waals surface area contributed by atoms with Gasteiger partial charge in [-0.2, -0.15) is 0 Å². The maximum atomic E-state index is 3.73. The van der Waals surface area contributed by atoms with Gasteiger partial charge in [0.15, 0.2) is 0 Å². The molecule has 0 heterocycles. The molecular formula is C24H17N.